The molecular weight excluding hydrogens is 552 g/mol. The van der Waals surface area contributed by atoms with Crippen molar-refractivity contribution in [1.82, 2.24) is 5.43 Å². The lowest BCUT2D eigenvalue weighted by molar-refractivity contribution is -0.118. The third-order valence-corrected chi connectivity index (χ3v) is 7.67. The Morgan fingerprint density at radius 1 is 0.925 bits per heavy atom. The summed E-state index contributed by atoms with van der Waals surface area (Å²) in [4.78, 5) is 24.7. The van der Waals surface area contributed by atoms with Crippen LogP contribution in [0.2, 0.25) is 5.02 Å². The topological polar surface area (TPSA) is 117 Å². The number of benzene rings is 4. The molecule has 0 aliphatic heterocycles. The quantitative estimate of drug-likeness (QED) is 0.205. The molecule has 0 heterocycles. The van der Waals surface area contributed by atoms with E-state index in [-0.39, 0.29) is 17.4 Å². The predicted molar refractivity (Wildman–Crippen MR) is 156 cm³/mol. The molecule has 0 aliphatic rings. The first-order chi connectivity index (χ1) is 19.2. The molecule has 4 aromatic carbocycles. The lowest BCUT2D eigenvalue weighted by Crippen LogP contribution is -2.26. The molecule has 9 nitrogen and oxygen atoms in total. The van der Waals surface area contributed by atoms with E-state index in [9.17, 15) is 18.0 Å². The van der Waals surface area contributed by atoms with Crippen molar-refractivity contribution in [2.45, 2.75) is 4.90 Å². The van der Waals surface area contributed by atoms with E-state index in [4.69, 9.17) is 16.3 Å². The molecule has 4 aromatic rings. The number of ether oxygens (including phenoxy) is 1. The van der Waals surface area contributed by atoms with Crippen LogP contribution in [-0.2, 0) is 14.8 Å². The van der Waals surface area contributed by atoms with Crippen LogP contribution < -0.4 is 19.8 Å². The minimum atomic E-state index is -3.72. The van der Waals surface area contributed by atoms with Crippen molar-refractivity contribution < 1.29 is 22.7 Å². The molecule has 0 saturated carbocycles. The number of nitrogens with zero attached hydrogens (tertiary/aromatic N) is 2. The van der Waals surface area contributed by atoms with Crippen molar-refractivity contribution in [2.75, 3.05) is 23.3 Å². The predicted octanol–water partition coefficient (Wildman–Crippen LogP) is 4.95. The van der Waals surface area contributed by atoms with Gasteiger partial charge in [-0.1, -0.05) is 35.9 Å². The molecule has 0 saturated heterocycles. The lowest BCUT2D eigenvalue weighted by Gasteiger charge is -2.19. The highest BCUT2D eigenvalue weighted by atomic mass is 35.5. The van der Waals surface area contributed by atoms with Gasteiger partial charge in [-0.2, -0.15) is 5.10 Å². The molecule has 0 fully saturated rings. The molecule has 11 heteroatoms. The van der Waals surface area contributed by atoms with E-state index in [0.717, 1.165) is 4.31 Å². The molecule has 40 heavy (non-hydrogen) atoms. The fourth-order valence-electron chi connectivity index (χ4n) is 3.50. The van der Waals surface area contributed by atoms with Crippen LogP contribution in [0.4, 0.5) is 11.4 Å². The van der Waals surface area contributed by atoms with Crippen molar-refractivity contribution in [3.05, 3.63) is 119 Å². The maximum Gasteiger partial charge on any atom is 0.271 e. The zero-order chi connectivity index (χ0) is 28.5. The first kappa shape index (κ1) is 28.3. The van der Waals surface area contributed by atoms with Crippen molar-refractivity contribution in [3.63, 3.8) is 0 Å². The van der Waals surface area contributed by atoms with Gasteiger partial charge in [0.25, 0.3) is 21.8 Å². The number of hydrazone groups is 1. The van der Waals surface area contributed by atoms with E-state index in [2.05, 4.69) is 15.8 Å². The molecule has 2 amide bonds. The molecule has 0 bridgehead atoms. The zero-order valence-electron chi connectivity index (χ0n) is 21.3. The number of amides is 2. The average molecular weight is 577 g/mol. The number of hydrogen-bond acceptors (Lipinski definition) is 6. The highest BCUT2D eigenvalue weighted by Gasteiger charge is 2.21. The van der Waals surface area contributed by atoms with Crippen LogP contribution in [0.3, 0.4) is 0 Å². The highest BCUT2D eigenvalue weighted by molar-refractivity contribution is 7.92. The van der Waals surface area contributed by atoms with E-state index >= 15 is 0 Å². The van der Waals surface area contributed by atoms with Crippen LogP contribution in [0.5, 0.6) is 5.75 Å². The molecule has 0 unspecified atom stereocenters. The summed E-state index contributed by atoms with van der Waals surface area (Å²) < 4.78 is 32.2. The van der Waals surface area contributed by atoms with Gasteiger partial charge in [-0.15, -0.1) is 0 Å². The van der Waals surface area contributed by atoms with Gasteiger partial charge in [0.15, 0.2) is 6.61 Å². The summed E-state index contributed by atoms with van der Waals surface area (Å²) in [5.74, 6) is -0.295. The largest absolute Gasteiger partial charge is 0.484 e. The van der Waals surface area contributed by atoms with Crippen molar-refractivity contribution in [3.8, 4) is 5.75 Å². The Morgan fingerprint density at radius 2 is 1.62 bits per heavy atom. The monoisotopic (exact) mass is 576 g/mol. The summed E-state index contributed by atoms with van der Waals surface area (Å²) in [6, 6.07) is 27.8. The Hall–Kier alpha value is -4.67. The van der Waals surface area contributed by atoms with Crippen molar-refractivity contribution in [1.29, 1.82) is 0 Å². The number of sulfonamides is 1. The Labute approximate surface area is 237 Å². The average Bonchev–Trinajstić information content (AvgIpc) is 2.97. The Bertz CT molecular complexity index is 1610. The zero-order valence-corrected chi connectivity index (χ0v) is 22.9. The second kappa shape index (κ2) is 12.9. The van der Waals surface area contributed by atoms with Crippen LogP contribution in [0.1, 0.15) is 15.9 Å². The fourth-order valence-corrected chi connectivity index (χ4v) is 4.91. The number of carbonyl (C=O) groups excluding carboxylic acids is 2. The Balaban J connectivity index is 1.26. The van der Waals surface area contributed by atoms with Gasteiger partial charge >= 0.3 is 0 Å². The first-order valence-corrected chi connectivity index (χ1v) is 13.8. The normalized spacial score (nSPS) is 11.2. The lowest BCUT2D eigenvalue weighted by atomic mass is 10.2. The molecule has 2 N–H and O–H groups in total. The number of carbonyl (C=O) groups is 2. The van der Waals surface area contributed by atoms with Gasteiger partial charge in [0.1, 0.15) is 5.75 Å². The summed E-state index contributed by atoms with van der Waals surface area (Å²) in [7, 11) is -2.27. The van der Waals surface area contributed by atoms with Crippen LogP contribution >= 0.6 is 11.6 Å². The SMILES string of the molecule is CN(c1ccc(C(=O)N/N=C\c2ccc(OCC(=O)Nc3cccc(Cl)c3)cc2)cc1)S(=O)(=O)c1ccccc1. The number of rotatable bonds is 10. The van der Waals surface area contributed by atoms with Crippen LogP contribution in [-0.4, -0.2) is 40.1 Å². The van der Waals surface area contributed by atoms with Gasteiger partial charge in [0.05, 0.1) is 16.8 Å². The number of anilines is 2. The number of nitrogens with one attached hydrogen (secondary N) is 2. The number of hydrogen-bond donors (Lipinski definition) is 2. The van der Waals surface area contributed by atoms with Crippen LogP contribution in [0.15, 0.2) is 113 Å². The molecule has 204 valence electrons. The molecule has 4 rings (SSSR count). The van der Waals surface area contributed by atoms with Gasteiger partial charge < -0.3 is 10.1 Å². The minimum Gasteiger partial charge on any atom is -0.484 e. The third kappa shape index (κ3) is 7.46. The molecule has 0 atom stereocenters. The molecular formula is C29H25ClN4O5S. The second-order valence-electron chi connectivity index (χ2n) is 8.45. The van der Waals surface area contributed by atoms with Gasteiger partial charge in [-0.05, 0) is 84.4 Å². The standard InChI is InChI=1S/C29H25ClN4O5S/c1-34(40(37,38)27-8-3-2-4-9-27)25-14-12-22(13-15-25)29(36)33-31-19-21-10-16-26(17-11-21)39-20-28(35)32-24-7-5-6-23(30)18-24/h2-19H,20H2,1H3,(H,32,35)(H,33,36)/b31-19-. The van der Waals surface area contributed by atoms with E-state index in [1.165, 1.54) is 37.5 Å². The van der Waals surface area contributed by atoms with Crippen LogP contribution in [0, 0.1) is 0 Å². The summed E-state index contributed by atoms with van der Waals surface area (Å²) in [6.45, 7) is -0.178. The smallest absolute Gasteiger partial charge is 0.271 e. The summed E-state index contributed by atoms with van der Waals surface area (Å²) in [5, 5.41) is 7.18. The Kier molecular flexibility index (Phi) is 9.15. The second-order valence-corrected chi connectivity index (χ2v) is 10.9. The maximum atomic E-state index is 12.8. The van der Waals surface area contributed by atoms with Gasteiger partial charge in [0, 0.05) is 23.3 Å². The van der Waals surface area contributed by atoms with E-state index in [0.29, 0.717) is 33.3 Å². The molecule has 0 radical (unpaired) electrons. The van der Waals surface area contributed by atoms with E-state index in [1.807, 2.05) is 0 Å². The van der Waals surface area contributed by atoms with Gasteiger partial charge in [0.2, 0.25) is 0 Å². The van der Waals surface area contributed by atoms with Crippen LogP contribution in [0.25, 0.3) is 0 Å². The van der Waals surface area contributed by atoms with Crippen molar-refractivity contribution in [2.24, 2.45) is 5.10 Å². The highest BCUT2D eigenvalue weighted by Crippen LogP contribution is 2.22. The maximum absolute atomic E-state index is 12.8. The molecule has 0 aromatic heterocycles. The first-order valence-electron chi connectivity index (χ1n) is 12.0. The van der Waals surface area contributed by atoms with E-state index in [1.54, 1.807) is 78.9 Å². The fraction of sp³-hybridized carbons (Fsp3) is 0.0690. The number of halogens is 1. The Morgan fingerprint density at radius 3 is 2.30 bits per heavy atom. The van der Waals surface area contributed by atoms with Gasteiger partial charge in [-0.25, -0.2) is 13.8 Å². The van der Waals surface area contributed by atoms with E-state index < -0.39 is 15.9 Å². The summed E-state index contributed by atoms with van der Waals surface area (Å²) >= 11 is 5.91. The molecule has 0 aliphatic carbocycles. The van der Waals surface area contributed by atoms with Crippen molar-refractivity contribution >= 4 is 51.0 Å². The summed E-state index contributed by atoms with van der Waals surface area (Å²) in [6.07, 6.45) is 1.46. The third-order valence-electron chi connectivity index (χ3n) is 5.63. The molecule has 0 spiro atoms. The minimum absolute atomic E-state index is 0.174. The summed E-state index contributed by atoms with van der Waals surface area (Å²) in [5.41, 5.74) is 4.43. The van der Waals surface area contributed by atoms with Gasteiger partial charge in [-0.3, -0.25) is 13.9 Å².